The fourth-order valence-electron chi connectivity index (χ4n) is 3.01. The molecule has 1 amide bonds. The van der Waals surface area contributed by atoms with Crippen molar-refractivity contribution in [2.75, 3.05) is 44.9 Å². The Balaban J connectivity index is 1.41. The monoisotopic (exact) mass is 306 g/mol. The van der Waals surface area contributed by atoms with Gasteiger partial charge in [-0.05, 0) is 24.8 Å². The number of ether oxygens (including phenoxy) is 2. The molecule has 2 aliphatic heterocycles. The summed E-state index contributed by atoms with van der Waals surface area (Å²) in [4.78, 5) is 22.0. The topological polar surface area (TPSA) is 76.6 Å². The lowest BCUT2D eigenvalue weighted by molar-refractivity contribution is -0.128. The van der Waals surface area contributed by atoms with Crippen molar-refractivity contribution in [3.8, 4) is 0 Å². The molecular weight excluding hydrogens is 284 g/mol. The number of hydrogen-bond acceptors (Lipinski definition) is 6. The zero-order valence-corrected chi connectivity index (χ0v) is 12.8. The highest BCUT2D eigenvalue weighted by Crippen LogP contribution is 2.37. The van der Waals surface area contributed by atoms with Gasteiger partial charge >= 0.3 is 0 Å². The van der Waals surface area contributed by atoms with E-state index in [1.807, 2.05) is 6.07 Å². The maximum atomic E-state index is 11.4. The van der Waals surface area contributed by atoms with Crippen LogP contribution in [0.15, 0.2) is 18.5 Å². The fourth-order valence-corrected chi connectivity index (χ4v) is 3.01. The van der Waals surface area contributed by atoms with E-state index in [2.05, 4.69) is 20.2 Å². The summed E-state index contributed by atoms with van der Waals surface area (Å²) in [7, 11) is 1.52. The van der Waals surface area contributed by atoms with Gasteiger partial charge in [-0.15, -0.1) is 0 Å². The van der Waals surface area contributed by atoms with Gasteiger partial charge in [-0.1, -0.05) is 0 Å². The molecule has 3 rings (SSSR count). The number of hydrogen-bond donors (Lipinski definition) is 1. The van der Waals surface area contributed by atoms with E-state index in [-0.39, 0.29) is 18.1 Å². The highest BCUT2D eigenvalue weighted by molar-refractivity contribution is 5.77. The van der Waals surface area contributed by atoms with Crippen LogP contribution in [0.25, 0.3) is 0 Å². The lowest BCUT2D eigenvalue weighted by Gasteiger charge is -2.52. The third-order valence-corrected chi connectivity index (χ3v) is 4.29. The normalized spacial score (nSPS) is 23.1. The summed E-state index contributed by atoms with van der Waals surface area (Å²) >= 11 is 0. The first-order valence-corrected chi connectivity index (χ1v) is 7.62. The van der Waals surface area contributed by atoms with Crippen LogP contribution in [-0.2, 0) is 14.3 Å². The van der Waals surface area contributed by atoms with Gasteiger partial charge in [0.25, 0.3) is 0 Å². The Morgan fingerprint density at radius 3 is 2.91 bits per heavy atom. The zero-order chi connectivity index (χ0) is 15.4. The number of aromatic nitrogens is 2. The van der Waals surface area contributed by atoms with Gasteiger partial charge in [-0.3, -0.25) is 4.79 Å². The van der Waals surface area contributed by atoms with Crippen LogP contribution >= 0.6 is 0 Å². The third-order valence-electron chi connectivity index (χ3n) is 4.29. The summed E-state index contributed by atoms with van der Waals surface area (Å²) in [5.41, 5.74) is -0.0494. The smallest absolute Gasteiger partial charge is 0.245 e. The van der Waals surface area contributed by atoms with Crippen LogP contribution in [0.1, 0.15) is 12.8 Å². The first-order valence-electron chi connectivity index (χ1n) is 7.62. The number of amides is 1. The highest BCUT2D eigenvalue weighted by atomic mass is 16.5. The molecule has 0 bridgehead atoms. The van der Waals surface area contributed by atoms with Crippen LogP contribution in [0.2, 0.25) is 0 Å². The van der Waals surface area contributed by atoms with Crippen molar-refractivity contribution in [2.24, 2.45) is 5.92 Å². The predicted molar refractivity (Wildman–Crippen MR) is 80.5 cm³/mol. The second kappa shape index (κ2) is 6.58. The van der Waals surface area contributed by atoms with Crippen molar-refractivity contribution in [1.82, 2.24) is 15.3 Å². The Morgan fingerprint density at radius 1 is 1.50 bits per heavy atom. The van der Waals surface area contributed by atoms with E-state index in [1.54, 1.807) is 12.4 Å². The van der Waals surface area contributed by atoms with E-state index >= 15 is 0 Å². The summed E-state index contributed by atoms with van der Waals surface area (Å²) < 4.78 is 10.9. The molecule has 0 aliphatic carbocycles. The predicted octanol–water partition coefficient (Wildman–Crippen LogP) is 0.225. The molecule has 3 heterocycles. The minimum atomic E-state index is -0.0705. The Hall–Kier alpha value is -1.73. The lowest BCUT2D eigenvalue weighted by atomic mass is 9.83. The zero-order valence-electron chi connectivity index (χ0n) is 12.8. The molecule has 0 saturated carbocycles. The van der Waals surface area contributed by atoms with Gasteiger partial charge in [-0.2, -0.15) is 0 Å². The molecule has 2 fully saturated rings. The Kier molecular flexibility index (Phi) is 4.54. The number of rotatable bonds is 5. The van der Waals surface area contributed by atoms with Crippen molar-refractivity contribution in [3.05, 3.63) is 18.5 Å². The van der Waals surface area contributed by atoms with Crippen LogP contribution in [-0.4, -0.2) is 61.4 Å². The quantitative estimate of drug-likeness (QED) is 0.839. The summed E-state index contributed by atoms with van der Waals surface area (Å²) in [6.45, 7) is 3.16. The number of anilines is 1. The summed E-state index contributed by atoms with van der Waals surface area (Å²) in [5, 5.41) is 2.88. The Morgan fingerprint density at radius 2 is 2.27 bits per heavy atom. The van der Waals surface area contributed by atoms with E-state index in [4.69, 9.17) is 9.47 Å². The Labute approximate surface area is 130 Å². The lowest BCUT2D eigenvalue weighted by Crippen LogP contribution is -2.65. The van der Waals surface area contributed by atoms with E-state index < -0.39 is 0 Å². The molecule has 0 radical (unpaired) electrons. The Bertz CT molecular complexity index is 495. The van der Waals surface area contributed by atoms with Crippen molar-refractivity contribution in [3.63, 3.8) is 0 Å². The second-order valence-corrected chi connectivity index (χ2v) is 6.04. The van der Waals surface area contributed by atoms with E-state index in [0.717, 1.165) is 31.9 Å². The summed E-state index contributed by atoms with van der Waals surface area (Å²) in [6.07, 6.45) is 5.60. The van der Waals surface area contributed by atoms with Crippen LogP contribution in [0.3, 0.4) is 0 Å². The van der Waals surface area contributed by atoms with Gasteiger partial charge in [0.2, 0.25) is 11.9 Å². The molecule has 1 aromatic heterocycles. The largest absolute Gasteiger partial charge is 0.375 e. The highest BCUT2D eigenvalue weighted by Gasteiger charge is 2.47. The van der Waals surface area contributed by atoms with Crippen LogP contribution in [0.4, 0.5) is 5.95 Å². The average molecular weight is 306 g/mol. The van der Waals surface area contributed by atoms with Gasteiger partial charge in [0, 0.05) is 26.0 Å². The van der Waals surface area contributed by atoms with Gasteiger partial charge in [-0.25, -0.2) is 9.97 Å². The third kappa shape index (κ3) is 3.36. The molecule has 0 aromatic carbocycles. The number of carbonyl (C=O) groups is 1. The maximum Gasteiger partial charge on any atom is 0.245 e. The molecule has 120 valence electrons. The molecule has 1 aromatic rings. The number of carbonyl (C=O) groups excluding carboxylic acids is 1. The second-order valence-electron chi connectivity index (χ2n) is 6.04. The molecule has 7 nitrogen and oxygen atoms in total. The number of nitrogens with zero attached hydrogens (tertiary/aromatic N) is 3. The van der Waals surface area contributed by atoms with Crippen molar-refractivity contribution < 1.29 is 14.3 Å². The minimum Gasteiger partial charge on any atom is -0.375 e. The first kappa shape index (κ1) is 15.2. The van der Waals surface area contributed by atoms with Crippen LogP contribution < -0.4 is 10.2 Å². The van der Waals surface area contributed by atoms with Crippen molar-refractivity contribution in [1.29, 1.82) is 0 Å². The van der Waals surface area contributed by atoms with E-state index in [9.17, 15) is 4.79 Å². The average Bonchev–Trinajstić information content (AvgIpc) is 2.52. The molecule has 1 N–H and O–H groups in total. The molecule has 2 aliphatic rings. The summed E-state index contributed by atoms with van der Waals surface area (Å²) in [5.74, 6) is 1.08. The molecule has 1 unspecified atom stereocenters. The van der Waals surface area contributed by atoms with E-state index in [0.29, 0.717) is 19.1 Å². The van der Waals surface area contributed by atoms with Crippen LogP contribution in [0, 0.1) is 5.92 Å². The number of nitrogens with one attached hydrogen (secondary N) is 1. The summed E-state index contributed by atoms with van der Waals surface area (Å²) in [6, 6.07) is 1.82. The minimum absolute atomic E-state index is 0.0494. The van der Waals surface area contributed by atoms with Crippen molar-refractivity contribution >= 4 is 11.9 Å². The first-order chi connectivity index (χ1) is 10.7. The van der Waals surface area contributed by atoms with Gasteiger partial charge in [0.1, 0.15) is 12.2 Å². The standard InChI is InChI=1S/C15H22N4O3/c1-21-9-13(20)18-7-12-3-4-15(22-8-12)10-19(11-15)14-16-5-2-6-17-14/h2,5-6,12H,3-4,7-11H2,1H3,(H,18,20). The maximum absolute atomic E-state index is 11.4. The molecule has 22 heavy (non-hydrogen) atoms. The fraction of sp³-hybridized carbons (Fsp3) is 0.667. The van der Waals surface area contributed by atoms with Gasteiger partial charge in [0.15, 0.2) is 0 Å². The molecule has 2 saturated heterocycles. The molecule has 1 atom stereocenters. The molecular formula is C15H22N4O3. The number of methoxy groups -OCH3 is 1. The molecule has 7 heteroatoms. The van der Waals surface area contributed by atoms with E-state index in [1.165, 1.54) is 7.11 Å². The van der Waals surface area contributed by atoms with Gasteiger partial charge in [0.05, 0.1) is 19.7 Å². The van der Waals surface area contributed by atoms with Crippen molar-refractivity contribution in [2.45, 2.75) is 18.4 Å². The van der Waals surface area contributed by atoms with Gasteiger partial charge < -0.3 is 19.7 Å². The SMILES string of the molecule is COCC(=O)NCC1CCC2(CN(c3ncccn3)C2)OC1. The molecule has 1 spiro atoms. The van der Waals surface area contributed by atoms with Crippen LogP contribution in [0.5, 0.6) is 0 Å².